The average molecular weight is 247 g/mol. The number of hydrogen-bond acceptors (Lipinski definition) is 3. The van der Waals surface area contributed by atoms with Gasteiger partial charge in [-0.25, -0.2) is 0 Å². The fourth-order valence-electron chi connectivity index (χ4n) is 2.01. The Morgan fingerprint density at radius 2 is 2.12 bits per heavy atom. The molecule has 0 aromatic heterocycles. The van der Waals surface area contributed by atoms with Crippen LogP contribution in [-0.4, -0.2) is 29.1 Å². The van der Waals surface area contributed by atoms with Gasteiger partial charge in [0.25, 0.3) is 0 Å². The van der Waals surface area contributed by atoms with E-state index in [4.69, 9.17) is 5.73 Å². The molecule has 0 aromatic carbocycles. The molecule has 0 amide bonds. The van der Waals surface area contributed by atoms with Crippen molar-refractivity contribution in [2.75, 3.05) is 18.1 Å². The summed E-state index contributed by atoms with van der Waals surface area (Å²) in [5.41, 5.74) is 4.98. The lowest BCUT2D eigenvalue weighted by Gasteiger charge is -2.29. The Hall–Kier alpha value is -0.220. The van der Waals surface area contributed by atoms with E-state index in [1.54, 1.807) is 0 Å². The van der Waals surface area contributed by atoms with Crippen LogP contribution in [0, 0.1) is 11.3 Å². The molecule has 0 fully saturated rings. The number of hydrogen-bond donors (Lipinski definition) is 2. The lowest BCUT2D eigenvalue weighted by molar-refractivity contribution is -0.150. The number of rotatable bonds is 9. The molecular weight excluding hydrogens is 222 g/mol. The maximum Gasteiger partial charge on any atom is 0.310 e. The molecule has 0 aliphatic rings. The second kappa shape index (κ2) is 7.96. The number of carboxylic acids is 1. The van der Waals surface area contributed by atoms with Gasteiger partial charge in [-0.1, -0.05) is 20.8 Å². The Bertz CT molecular complexity index is 209. The summed E-state index contributed by atoms with van der Waals surface area (Å²) >= 11 is 1.86. The van der Waals surface area contributed by atoms with E-state index >= 15 is 0 Å². The smallest absolute Gasteiger partial charge is 0.310 e. The molecular formula is C12H25NO2S. The van der Waals surface area contributed by atoms with Crippen molar-refractivity contribution in [3.63, 3.8) is 0 Å². The van der Waals surface area contributed by atoms with Crippen molar-refractivity contribution in [3.8, 4) is 0 Å². The summed E-state index contributed by atoms with van der Waals surface area (Å²) in [4.78, 5) is 11.4. The van der Waals surface area contributed by atoms with Gasteiger partial charge in [0.1, 0.15) is 0 Å². The molecule has 1 atom stereocenters. The van der Waals surface area contributed by atoms with Crippen LogP contribution in [-0.2, 0) is 4.79 Å². The molecule has 3 N–H and O–H groups in total. The highest BCUT2D eigenvalue weighted by molar-refractivity contribution is 7.99. The van der Waals surface area contributed by atoms with Crippen LogP contribution in [0.2, 0.25) is 0 Å². The third kappa shape index (κ3) is 5.21. The molecule has 0 heterocycles. The van der Waals surface area contributed by atoms with Gasteiger partial charge in [-0.05, 0) is 36.7 Å². The molecule has 0 saturated carbocycles. The summed E-state index contributed by atoms with van der Waals surface area (Å²) in [6.07, 6.45) is 2.31. The maximum atomic E-state index is 11.4. The summed E-state index contributed by atoms with van der Waals surface area (Å²) in [5.74, 6) is 1.76. The number of carbonyl (C=O) groups is 1. The van der Waals surface area contributed by atoms with E-state index in [1.807, 2.05) is 25.6 Å². The zero-order valence-electron chi connectivity index (χ0n) is 10.7. The SMILES string of the molecule is CCSCCCC(CN)(CC(C)C)C(=O)O. The first kappa shape index (κ1) is 15.8. The predicted octanol–water partition coefficient (Wildman–Crippen LogP) is 2.60. The fourth-order valence-corrected chi connectivity index (χ4v) is 2.64. The monoisotopic (exact) mass is 247 g/mol. The summed E-state index contributed by atoms with van der Waals surface area (Å²) in [6.45, 7) is 6.46. The van der Waals surface area contributed by atoms with Crippen molar-refractivity contribution in [3.05, 3.63) is 0 Å². The molecule has 1 unspecified atom stereocenters. The average Bonchev–Trinajstić information content (AvgIpc) is 2.21. The van der Waals surface area contributed by atoms with Crippen LogP contribution in [0.25, 0.3) is 0 Å². The molecule has 0 aliphatic carbocycles. The first-order valence-electron chi connectivity index (χ1n) is 5.99. The largest absolute Gasteiger partial charge is 0.481 e. The summed E-state index contributed by atoms with van der Waals surface area (Å²) in [6, 6.07) is 0. The van der Waals surface area contributed by atoms with Crippen LogP contribution in [0.5, 0.6) is 0 Å². The third-order valence-corrected chi connectivity index (χ3v) is 3.78. The van der Waals surface area contributed by atoms with Gasteiger partial charge in [0.05, 0.1) is 5.41 Å². The van der Waals surface area contributed by atoms with Crippen molar-refractivity contribution < 1.29 is 9.90 Å². The van der Waals surface area contributed by atoms with E-state index in [0.717, 1.165) is 17.9 Å². The molecule has 4 heteroatoms. The normalized spacial score (nSPS) is 15.1. The minimum absolute atomic E-state index is 0.247. The van der Waals surface area contributed by atoms with E-state index in [0.29, 0.717) is 18.8 Å². The van der Waals surface area contributed by atoms with Crippen LogP contribution in [0.1, 0.15) is 40.0 Å². The Balaban J connectivity index is 4.34. The van der Waals surface area contributed by atoms with Gasteiger partial charge >= 0.3 is 5.97 Å². The van der Waals surface area contributed by atoms with Crippen molar-refractivity contribution in [1.82, 2.24) is 0 Å². The molecule has 16 heavy (non-hydrogen) atoms. The molecule has 0 rings (SSSR count). The van der Waals surface area contributed by atoms with Gasteiger partial charge in [-0.2, -0.15) is 11.8 Å². The van der Waals surface area contributed by atoms with Crippen molar-refractivity contribution in [1.29, 1.82) is 0 Å². The van der Waals surface area contributed by atoms with Crippen LogP contribution >= 0.6 is 11.8 Å². The quantitative estimate of drug-likeness (QED) is 0.615. The maximum absolute atomic E-state index is 11.4. The minimum Gasteiger partial charge on any atom is -0.481 e. The van der Waals surface area contributed by atoms with E-state index in [-0.39, 0.29) is 6.54 Å². The zero-order chi connectivity index (χ0) is 12.6. The van der Waals surface area contributed by atoms with E-state index in [1.165, 1.54) is 0 Å². The molecule has 0 saturated heterocycles. The van der Waals surface area contributed by atoms with Gasteiger partial charge in [0.15, 0.2) is 0 Å². The van der Waals surface area contributed by atoms with Gasteiger partial charge in [0, 0.05) is 6.54 Å². The molecule has 3 nitrogen and oxygen atoms in total. The second-order valence-electron chi connectivity index (χ2n) is 4.69. The minimum atomic E-state index is -0.731. The Labute approximate surface area is 103 Å². The lowest BCUT2D eigenvalue weighted by Crippen LogP contribution is -2.40. The van der Waals surface area contributed by atoms with Gasteiger partial charge in [-0.3, -0.25) is 4.79 Å². The fraction of sp³-hybridized carbons (Fsp3) is 0.917. The lowest BCUT2D eigenvalue weighted by atomic mass is 9.76. The topological polar surface area (TPSA) is 63.3 Å². The highest BCUT2D eigenvalue weighted by atomic mass is 32.2. The highest BCUT2D eigenvalue weighted by Crippen LogP contribution is 2.31. The standard InChI is InChI=1S/C12H25NO2S/c1-4-16-7-5-6-12(9-13,11(14)15)8-10(2)3/h10H,4-9,13H2,1-3H3,(H,14,15). The third-order valence-electron chi connectivity index (χ3n) is 2.79. The molecule has 0 aliphatic heterocycles. The van der Waals surface area contributed by atoms with Crippen LogP contribution in [0.3, 0.4) is 0 Å². The Morgan fingerprint density at radius 3 is 2.50 bits per heavy atom. The van der Waals surface area contributed by atoms with Gasteiger partial charge in [0.2, 0.25) is 0 Å². The van der Waals surface area contributed by atoms with E-state index in [9.17, 15) is 9.90 Å². The van der Waals surface area contributed by atoms with E-state index in [2.05, 4.69) is 6.92 Å². The molecule has 0 radical (unpaired) electrons. The van der Waals surface area contributed by atoms with Crippen LogP contribution < -0.4 is 5.73 Å². The molecule has 0 spiro atoms. The van der Waals surface area contributed by atoms with E-state index < -0.39 is 11.4 Å². The summed E-state index contributed by atoms with van der Waals surface area (Å²) < 4.78 is 0. The van der Waals surface area contributed by atoms with Crippen molar-refractivity contribution >= 4 is 17.7 Å². The first-order chi connectivity index (χ1) is 7.48. The summed E-state index contributed by atoms with van der Waals surface area (Å²) in [5, 5.41) is 9.34. The number of nitrogens with two attached hydrogens (primary N) is 1. The van der Waals surface area contributed by atoms with Crippen molar-refractivity contribution in [2.45, 2.75) is 40.0 Å². The number of thioether (sulfide) groups is 1. The van der Waals surface area contributed by atoms with Gasteiger partial charge < -0.3 is 10.8 Å². The molecule has 96 valence electrons. The highest BCUT2D eigenvalue weighted by Gasteiger charge is 2.36. The number of aliphatic carboxylic acids is 1. The number of carboxylic acid groups (broad SMARTS) is 1. The van der Waals surface area contributed by atoms with Crippen LogP contribution in [0.15, 0.2) is 0 Å². The zero-order valence-corrected chi connectivity index (χ0v) is 11.5. The predicted molar refractivity (Wildman–Crippen MR) is 70.8 cm³/mol. The van der Waals surface area contributed by atoms with Gasteiger partial charge in [-0.15, -0.1) is 0 Å². The van der Waals surface area contributed by atoms with Crippen molar-refractivity contribution in [2.24, 2.45) is 17.1 Å². The molecule has 0 bridgehead atoms. The first-order valence-corrected chi connectivity index (χ1v) is 7.15. The molecule has 0 aromatic rings. The Kier molecular flexibility index (Phi) is 7.85. The second-order valence-corrected chi connectivity index (χ2v) is 6.08. The van der Waals surface area contributed by atoms with Crippen LogP contribution in [0.4, 0.5) is 0 Å². The summed E-state index contributed by atoms with van der Waals surface area (Å²) in [7, 11) is 0. The Morgan fingerprint density at radius 1 is 1.50 bits per heavy atom.